The number of carbonyl (C=O) groups is 1. The summed E-state index contributed by atoms with van der Waals surface area (Å²) >= 11 is 0. The summed E-state index contributed by atoms with van der Waals surface area (Å²) in [5, 5.41) is 0. The third-order valence-electron chi connectivity index (χ3n) is 0.888. The molecule has 0 aliphatic carbocycles. The molecule has 0 aromatic heterocycles. The van der Waals surface area contributed by atoms with E-state index in [4.69, 9.17) is 9.53 Å². The van der Waals surface area contributed by atoms with E-state index in [9.17, 15) is 4.79 Å². The first kappa shape index (κ1) is 13.5. The summed E-state index contributed by atoms with van der Waals surface area (Å²) in [4.78, 5) is 19.4. The van der Waals surface area contributed by atoms with Crippen LogP contribution >= 0.6 is 0 Å². The van der Waals surface area contributed by atoms with Crippen LogP contribution in [0.5, 0.6) is 0 Å². The van der Waals surface area contributed by atoms with Crippen LogP contribution in [0.2, 0.25) is 0 Å². The number of hydrogen-bond donors (Lipinski definition) is 0. The topological polar surface area (TPSA) is 43.4 Å². The van der Waals surface area contributed by atoms with Gasteiger partial charge in [-0.15, -0.1) is 0 Å². The molecule has 0 fully saturated rings. The zero-order valence-corrected chi connectivity index (χ0v) is 8.14. The van der Waals surface area contributed by atoms with Gasteiger partial charge < -0.3 is 4.74 Å². The highest BCUT2D eigenvalue weighted by Gasteiger charge is 2.21. The molecule has 70 valence electrons. The quantitative estimate of drug-likeness (QED) is 0.445. The van der Waals surface area contributed by atoms with E-state index in [2.05, 4.69) is 6.58 Å². The van der Waals surface area contributed by atoms with Crippen molar-refractivity contribution in [3.63, 3.8) is 0 Å². The van der Waals surface area contributed by atoms with Crippen molar-refractivity contribution in [3.05, 3.63) is 6.58 Å². The molecule has 0 saturated carbocycles. The van der Waals surface area contributed by atoms with Crippen molar-refractivity contribution in [3.8, 4) is 0 Å². The summed E-state index contributed by atoms with van der Waals surface area (Å²) in [5.41, 5.74) is -0.351. The van der Waals surface area contributed by atoms with Crippen molar-refractivity contribution in [2.24, 2.45) is 5.41 Å². The van der Waals surface area contributed by atoms with Gasteiger partial charge in [0.15, 0.2) is 0 Å². The Bertz CT molecular complexity index is 159. The Labute approximate surface area is 73.4 Å². The lowest BCUT2D eigenvalue weighted by atomic mass is 9.97. The van der Waals surface area contributed by atoms with E-state index in [1.54, 1.807) is 0 Å². The summed E-state index contributed by atoms with van der Waals surface area (Å²) in [5.74, 6) is 1.12. The van der Waals surface area contributed by atoms with E-state index < -0.39 is 0 Å². The average Bonchev–Trinajstić information content (AvgIpc) is 1.88. The fraction of sp³-hybridized carbons (Fsp3) is 0.667. The maximum absolute atomic E-state index is 10.8. The van der Waals surface area contributed by atoms with Crippen LogP contribution in [0.4, 0.5) is 0 Å². The minimum atomic E-state index is -0.351. The Kier molecular flexibility index (Phi) is 7.45. The van der Waals surface area contributed by atoms with E-state index >= 15 is 0 Å². The molecule has 0 bridgehead atoms. The van der Waals surface area contributed by atoms with Crippen molar-refractivity contribution < 1.29 is 14.3 Å². The van der Waals surface area contributed by atoms with Crippen LogP contribution in [0, 0.1) is 5.41 Å². The second kappa shape index (κ2) is 6.62. The molecule has 0 rings (SSSR count). The van der Waals surface area contributed by atoms with E-state index in [1.807, 2.05) is 27.7 Å². The van der Waals surface area contributed by atoms with Gasteiger partial charge in [0, 0.05) is 0 Å². The summed E-state index contributed by atoms with van der Waals surface area (Å²) in [6.45, 7) is 10.5. The van der Waals surface area contributed by atoms with Gasteiger partial charge in [-0.3, -0.25) is 4.79 Å². The second-order valence-electron chi connectivity index (χ2n) is 3.11. The fourth-order valence-corrected chi connectivity index (χ4v) is 0.348. The summed E-state index contributed by atoms with van der Waals surface area (Å²) in [7, 11) is 0. The standard InChI is InChI=1S/C7H14O2.C2H2O/c1-5-9-6(8)7(2,3)4;1-2-3/h5H2,1-4H3;1H2. The van der Waals surface area contributed by atoms with Gasteiger partial charge in [-0.2, -0.15) is 0 Å². The minimum absolute atomic E-state index is 0.134. The second-order valence-corrected chi connectivity index (χ2v) is 3.11. The Morgan fingerprint density at radius 1 is 1.50 bits per heavy atom. The average molecular weight is 172 g/mol. The first-order valence-corrected chi connectivity index (χ1v) is 3.71. The van der Waals surface area contributed by atoms with Crippen LogP contribution in [-0.4, -0.2) is 18.5 Å². The van der Waals surface area contributed by atoms with Crippen LogP contribution in [0.3, 0.4) is 0 Å². The molecular weight excluding hydrogens is 156 g/mol. The molecule has 0 heterocycles. The summed E-state index contributed by atoms with van der Waals surface area (Å²) in [6.07, 6.45) is 0. The van der Waals surface area contributed by atoms with Gasteiger partial charge >= 0.3 is 5.97 Å². The lowest BCUT2D eigenvalue weighted by Crippen LogP contribution is -2.22. The third kappa shape index (κ3) is 8.92. The SMILES string of the molecule is C=C=O.CCOC(=O)C(C)(C)C. The van der Waals surface area contributed by atoms with E-state index in [0.29, 0.717) is 6.61 Å². The predicted octanol–water partition coefficient (Wildman–Crippen LogP) is 1.60. The lowest BCUT2D eigenvalue weighted by Gasteiger charge is -2.14. The third-order valence-corrected chi connectivity index (χ3v) is 0.888. The molecule has 0 saturated heterocycles. The highest BCUT2D eigenvalue weighted by Crippen LogP contribution is 2.14. The maximum atomic E-state index is 10.8. The first-order valence-electron chi connectivity index (χ1n) is 3.71. The molecule has 0 spiro atoms. The van der Waals surface area contributed by atoms with Crippen molar-refractivity contribution >= 4 is 11.9 Å². The van der Waals surface area contributed by atoms with Crippen LogP contribution in [0.15, 0.2) is 6.58 Å². The van der Waals surface area contributed by atoms with E-state index in [1.165, 1.54) is 5.94 Å². The molecule has 0 aliphatic heterocycles. The molecule has 0 aromatic carbocycles. The fourth-order valence-electron chi connectivity index (χ4n) is 0.348. The van der Waals surface area contributed by atoms with Crippen molar-refractivity contribution in [2.75, 3.05) is 6.61 Å². The Balaban J connectivity index is 0. The van der Waals surface area contributed by atoms with Gasteiger partial charge in [-0.1, -0.05) is 0 Å². The normalized spacial score (nSPS) is 9.00. The zero-order valence-electron chi connectivity index (χ0n) is 8.14. The molecule has 0 N–H and O–H groups in total. The molecule has 0 amide bonds. The predicted molar refractivity (Wildman–Crippen MR) is 47.4 cm³/mol. The smallest absolute Gasteiger partial charge is 0.311 e. The van der Waals surface area contributed by atoms with Crippen LogP contribution in [0.1, 0.15) is 27.7 Å². The van der Waals surface area contributed by atoms with Crippen molar-refractivity contribution in [2.45, 2.75) is 27.7 Å². The number of ether oxygens (including phenoxy) is 1. The Hall–Kier alpha value is -1.08. The van der Waals surface area contributed by atoms with Gasteiger partial charge in [0.1, 0.15) is 5.94 Å². The van der Waals surface area contributed by atoms with Crippen LogP contribution in [0.25, 0.3) is 0 Å². The summed E-state index contributed by atoms with van der Waals surface area (Å²) < 4.78 is 4.77. The number of carbonyl (C=O) groups excluding carboxylic acids is 2. The maximum Gasteiger partial charge on any atom is 0.311 e. The van der Waals surface area contributed by atoms with Gasteiger partial charge in [-0.25, -0.2) is 4.79 Å². The minimum Gasteiger partial charge on any atom is -0.466 e. The summed E-state index contributed by atoms with van der Waals surface area (Å²) in [6, 6.07) is 0. The van der Waals surface area contributed by atoms with Crippen molar-refractivity contribution in [1.82, 2.24) is 0 Å². The lowest BCUT2D eigenvalue weighted by molar-refractivity contribution is -0.152. The molecule has 0 radical (unpaired) electrons. The molecule has 0 unspecified atom stereocenters. The van der Waals surface area contributed by atoms with E-state index in [0.717, 1.165) is 0 Å². The zero-order chi connectivity index (χ0) is 10.2. The van der Waals surface area contributed by atoms with Crippen LogP contribution in [-0.2, 0) is 14.3 Å². The Morgan fingerprint density at radius 2 is 1.83 bits per heavy atom. The van der Waals surface area contributed by atoms with Gasteiger partial charge in [0.05, 0.1) is 12.0 Å². The molecule has 12 heavy (non-hydrogen) atoms. The van der Waals surface area contributed by atoms with Gasteiger partial charge in [-0.05, 0) is 34.3 Å². The van der Waals surface area contributed by atoms with Crippen LogP contribution < -0.4 is 0 Å². The molecule has 0 aliphatic rings. The Morgan fingerprint density at radius 3 is 1.92 bits per heavy atom. The molecular formula is C9H16O3. The van der Waals surface area contributed by atoms with Gasteiger partial charge in [0.25, 0.3) is 0 Å². The molecule has 3 nitrogen and oxygen atoms in total. The van der Waals surface area contributed by atoms with Gasteiger partial charge in [0.2, 0.25) is 0 Å². The molecule has 0 atom stereocenters. The largest absolute Gasteiger partial charge is 0.466 e. The first-order chi connectivity index (χ1) is 5.40. The number of hydrogen-bond acceptors (Lipinski definition) is 3. The monoisotopic (exact) mass is 172 g/mol. The van der Waals surface area contributed by atoms with E-state index in [-0.39, 0.29) is 11.4 Å². The molecule has 0 aromatic rings. The highest BCUT2D eigenvalue weighted by molar-refractivity contribution is 5.75. The van der Waals surface area contributed by atoms with Crippen molar-refractivity contribution in [1.29, 1.82) is 0 Å². The number of esters is 1. The highest BCUT2D eigenvalue weighted by atomic mass is 16.5. The number of rotatable bonds is 1. The molecule has 3 heteroatoms.